The molecule has 0 unspecified atom stereocenters. The molecule has 3 aromatic rings. The minimum atomic E-state index is -0.612. The fraction of sp³-hybridized carbons (Fsp3) is 0.115. The van der Waals surface area contributed by atoms with E-state index in [4.69, 9.17) is 9.47 Å². The number of esters is 1. The number of carbonyl (C=O) groups is 3. The van der Waals surface area contributed by atoms with Gasteiger partial charge in [-0.2, -0.15) is 0 Å². The minimum Gasteiger partial charge on any atom is -0.493 e. The lowest BCUT2D eigenvalue weighted by atomic mass is 10.1. The van der Waals surface area contributed by atoms with Gasteiger partial charge >= 0.3 is 5.97 Å². The molecule has 0 aliphatic carbocycles. The van der Waals surface area contributed by atoms with Crippen molar-refractivity contribution in [3.05, 3.63) is 104 Å². The number of nitrogens with zero attached hydrogens (tertiary/aromatic N) is 2. The van der Waals surface area contributed by atoms with Crippen LogP contribution in [0.4, 0.5) is 10.5 Å². The number of methoxy groups -OCH3 is 1. The van der Waals surface area contributed by atoms with Crippen molar-refractivity contribution < 1.29 is 28.8 Å². The standard InChI is InChI=1S/C26H20N2O7S/c1-16-10-12-17(13-11-16)25(30)35-23-18(7-5-9-21(23)34-2)14-22-24(29)27(26(31)36-22)15-19-6-3-4-8-20(19)28(32)33/h3-14H,15H2,1-2H3/b22-14-. The van der Waals surface area contributed by atoms with Crippen LogP contribution in [-0.2, 0) is 11.3 Å². The molecule has 0 aromatic heterocycles. The van der Waals surface area contributed by atoms with Crippen LogP contribution in [0.15, 0.2) is 71.6 Å². The number of amides is 2. The highest BCUT2D eigenvalue weighted by Crippen LogP contribution is 2.38. The summed E-state index contributed by atoms with van der Waals surface area (Å²) in [6, 6.07) is 17.7. The Balaban J connectivity index is 1.63. The lowest BCUT2D eigenvalue weighted by Gasteiger charge is -2.13. The Bertz CT molecular complexity index is 1400. The second kappa shape index (κ2) is 10.4. The molecule has 1 aliphatic heterocycles. The first-order chi connectivity index (χ1) is 17.3. The molecular weight excluding hydrogens is 484 g/mol. The number of para-hydroxylation sites is 2. The number of benzene rings is 3. The molecular formula is C26H20N2O7S. The number of aryl methyl sites for hydroxylation is 1. The van der Waals surface area contributed by atoms with Gasteiger partial charge in [0, 0.05) is 17.2 Å². The van der Waals surface area contributed by atoms with Gasteiger partial charge in [0.05, 0.1) is 29.0 Å². The average molecular weight is 505 g/mol. The number of thioether (sulfide) groups is 1. The van der Waals surface area contributed by atoms with Crippen LogP contribution in [0.3, 0.4) is 0 Å². The van der Waals surface area contributed by atoms with Crippen LogP contribution in [0.2, 0.25) is 0 Å². The maximum atomic E-state index is 13.1. The maximum absolute atomic E-state index is 13.1. The largest absolute Gasteiger partial charge is 0.493 e. The average Bonchev–Trinajstić information content (AvgIpc) is 3.12. The molecule has 0 radical (unpaired) electrons. The zero-order chi connectivity index (χ0) is 25.8. The predicted molar refractivity (Wildman–Crippen MR) is 134 cm³/mol. The number of ether oxygens (including phenoxy) is 2. The van der Waals surface area contributed by atoms with E-state index < -0.39 is 22.0 Å². The van der Waals surface area contributed by atoms with Crippen LogP contribution >= 0.6 is 11.8 Å². The Kier molecular flexibility index (Phi) is 7.16. The summed E-state index contributed by atoms with van der Waals surface area (Å²) in [5.41, 5.74) is 1.73. The third-order valence-corrected chi connectivity index (χ3v) is 6.30. The van der Waals surface area contributed by atoms with E-state index in [1.165, 1.54) is 31.4 Å². The van der Waals surface area contributed by atoms with Gasteiger partial charge in [-0.25, -0.2) is 4.79 Å². The van der Waals surface area contributed by atoms with Crippen molar-refractivity contribution in [1.82, 2.24) is 4.90 Å². The lowest BCUT2D eigenvalue weighted by Crippen LogP contribution is -2.27. The van der Waals surface area contributed by atoms with Gasteiger partial charge < -0.3 is 9.47 Å². The third kappa shape index (κ3) is 5.13. The molecule has 0 atom stereocenters. The molecule has 9 nitrogen and oxygen atoms in total. The topological polar surface area (TPSA) is 116 Å². The normalized spacial score (nSPS) is 14.3. The number of rotatable bonds is 7. The number of nitro groups is 1. The van der Waals surface area contributed by atoms with Crippen molar-refractivity contribution in [3.63, 3.8) is 0 Å². The number of carbonyl (C=O) groups excluding carboxylic acids is 3. The quantitative estimate of drug-likeness (QED) is 0.139. The van der Waals surface area contributed by atoms with Crippen molar-refractivity contribution in [1.29, 1.82) is 0 Å². The van der Waals surface area contributed by atoms with Gasteiger partial charge in [0.25, 0.3) is 16.8 Å². The molecule has 182 valence electrons. The molecule has 1 aliphatic rings. The van der Waals surface area contributed by atoms with Crippen LogP contribution in [-0.4, -0.2) is 34.0 Å². The van der Waals surface area contributed by atoms with E-state index in [1.807, 2.05) is 6.92 Å². The second-order valence-electron chi connectivity index (χ2n) is 7.79. The van der Waals surface area contributed by atoms with E-state index in [2.05, 4.69) is 0 Å². The Morgan fingerprint density at radius 3 is 2.47 bits per heavy atom. The molecule has 1 fully saturated rings. The first-order valence-corrected chi connectivity index (χ1v) is 11.5. The molecule has 0 bridgehead atoms. The van der Waals surface area contributed by atoms with E-state index in [0.717, 1.165) is 10.5 Å². The molecule has 1 saturated heterocycles. The highest BCUT2D eigenvalue weighted by Gasteiger charge is 2.36. The van der Waals surface area contributed by atoms with Gasteiger partial charge in [-0.3, -0.25) is 24.6 Å². The molecule has 10 heteroatoms. The van der Waals surface area contributed by atoms with Crippen LogP contribution in [0.5, 0.6) is 11.5 Å². The second-order valence-corrected chi connectivity index (χ2v) is 8.78. The fourth-order valence-electron chi connectivity index (χ4n) is 3.53. The molecule has 4 rings (SSSR count). The van der Waals surface area contributed by atoms with E-state index in [0.29, 0.717) is 22.9 Å². The Morgan fingerprint density at radius 2 is 1.78 bits per heavy atom. The molecule has 1 heterocycles. The highest BCUT2D eigenvalue weighted by molar-refractivity contribution is 8.18. The Labute approximate surface area is 210 Å². The van der Waals surface area contributed by atoms with Crippen molar-refractivity contribution in [2.75, 3.05) is 7.11 Å². The number of nitro benzene ring substituents is 1. The van der Waals surface area contributed by atoms with Crippen LogP contribution in [0.1, 0.15) is 27.0 Å². The summed E-state index contributed by atoms with van der Waals surface area (Å²) in [5, 5.41) is 10.8. The van der Waals surface area contributed by atoms with Gasteiger partial charge in [0.1, 0.15) is 0 Å². The summed E-state index contributed by atoms with van der Waals surface area (Å²) in [6.45, 7) is 1.66. The van der Waals surface area contributed by atoms with E-state index in [1.54, 1.807) is 48.5 Å². The zero-order valence-corrected chi connectivity index (χ0v) is 20.1. The Morgan fingerprint density at radius 1 is 1.06 bits per heavy atom. The molecule has 36 heavy (non-hydrogen) atoms. The van der Waals surface area contributed by atoms with Crippen molar-refractivity contribution in [2.45, 2.75) is 13.5 Å². The van der Waals surface area contributed by atoms with E-state index in [-0.39, 0.29) is 34.2 Å². The minimum absolute atomic E-state index is 0.0828. The monoisotopic (exact) mass is 504 g/mol. The molecule has 2 amide bonds. The predicted octanol–water partition coefficient (Wildman–Crippen LogP) is 5.37. The summed E-state index contributed by atoms with van der Waals surface area (Å²) < 4.78 is 11.0. The first-order valence-electron chi connectivity index (χ1n) is 10.7. The van der Waals surface area contributed by atoms with Gasteiger partial charge in [0.15, 0.2) is 11.5 Å². The van der Waals surface area contributed by atoms with Crippen LogP contribution in [0.25, 0.3) is 6.08 Å². The fourth-order valence-corrected chi connectivity index (χ4v) is 4.36. The molecule has 0 saturated carbocycles. The summed E-state index contributed by atoms with van der Waals surface area (Å²) >= 11 is 0.697. The van der Waals surface area contributed by atoms with E-state index in [9.17, 15) is 24.5 Å². The number of hydrogen-bond donors (Lipinski definition) is 0. The molecule has 3 aromatic carbocycles. The number of hydrogen-bond acceptors (Lipinski definition) is 8. The summed E-state index contributed by atoms with van der Waals surface area (Å²) in [4.78, 5) is 50.2. The zero-order valence-electron chi connectivity index (χ0n) is 19.3. The lowest BCUT2D eigenvalue weighted by molar-refractivity contribution is -0.385. The van der Waals surface area contributed by atoms with Crippen molar-refractivity contribution >= 4 is 40.6 Å². The van der Waals surface area contributed by atoms with Crippen molar-refractivity contribution in [2.24, 2.45) is 0 Å². The smallest absolute Gasteiger partial charge is 0.343 e. The van der Waals surface area contributed by atoms with E-state index >= 15 is 0 Å². The van der Waals surface area contributed by atoms with Gasteiger partial charge in [0.2, 0.25) is 0 Å². The SMILES string of the molecule is COc1cccc(/C=C2\SC(=O)N(Cc3ccccc3[N+](=O)[O-])C2=O)c1OC(=O)c1ccc(C)cc1. The summed E-state index contributed by atoms with van der Waals surface area (Å²) in [5.74, 6) is -0.861. The third-order valence-electron chi connectivity index (χ3n) is 5.39. The first kappa shape index (κ1) is 24.7. The van der Waals surface area contributed by atoms with Crippen molar-refractivity contribution in [3.8, 4) is 11.5 Å². The summed E-state index contributed by atoms with van der Waals surface area (Å²) in [6.07, 6.45) is 1.44. The maximum Gasteiger partial charge on any atom is 0.343 e. The van der Waals surface area contributed by atoms with Crippen LogP contribution in [0, 0.1) is 17.0 Å². The molecule has 0 spiro atoms. The van der Waals surface area contributed by atoms with Gasteiger partial charge in [-0.05, 0) is 43.0 Å². The summed E-state index contributed by atoms with van der Waals surface area (Å²) in [7, 11) is 1.42. The highest BCUT2D eigenvalue weighted by atomic mass is 32.2. The number of imide groups is 1. The Hall–Kier alpha value is -4.44. The molecule has 0 N–H and O–H groups in total. The van der Waals surface area contributed by atoms with Crippen LogP contribution < -0.4 is 9.47 Å². The van der Waals surface area contributed by atoms with Gasteiger partial charge in [-0.15, -0.1) is 0 Å². The van der Waals surface area contributed by atoms with Gasteiger partial charge in [-0.1, -0.05) is 48.0 Å².